The number of rotatable bonds is 6. The highest BCUT2D eigenvalue weighted by Crippen LogP contribution is 2.35. The third kappa shape index (κ3) is 3.25. The molecule has 0 fully saturated rings. The van der Waals surface area contributed by atoms with Crippen LogP contribution in [-0.2, 0) is 9.53 Å². The van der Waals surface area contributed by atoms with E-state index in [0.717, 1.165) is 12.8 Å². The van der Waals surface area contributed by atoms with Crippen molar-refractivity contribution in [3.8, 4) is 0 Å². The van der Waals surface area contributed by atoms with Crippen LogP contribution in [0.4, 0.5) is 11.6 Å². The Morgan fingerprint density at radius 2 is 2.12 bits per heavy atom. The van der Waals surface area contributed by atoms with Gasteiger partial charge in [0.2, 0.25) is 5.95 Å². The first-order valence-electron chi connectivity index (χ1n) is 8.20. The van der Waals surface area contributed by atoms with Crippen molar-refractivity contribution < 1.29 is 14.5 Å². The van der Waals surface area contributed by atoms with E-state index in [0.29, 0.717) is 29.4 Å². The number of carbonyl (C=O) groups is 1. The maximum absolute atomic E-state index is 12.7. The lowest BCUT2D eigenvalue weighted by Gasteiger charge is -2.27. The topological polar surface area (TPSA) is 125 Å². The number of anilines is 1. The van der Waals surface area contributed by atoms with Crippen LogP contribution in [0.25, 0.3) is 0 Å². The lowest BCUT2D eigenvalue weighted by atomic mass is 9.95. The van der Waals surface area contributed by atoms with Crippen LogP contribution >= 0.6 is 0 Å². The molecule has 10 heteroatoms. The number of benzene rings is 1. The zero-order chi connectivity index (χ0) is 18.7. The van der Waals surface area contributed by atoms with Gasteiger partial charge in [0.25, 0.3) is 5.69 Å². The fourth-order valence-electron chi connectivity index (χ4n) is 2.75. The third-order valence-corrected chi connectivity index (χ3v) is 4.08. The first-order valence-corrected chi connectivity index (χ1v) is 8.20. The second-order valence-electron chi connectivity index (χ2n) is 5.85. The number of non-ortho nitro benzene ring substituents is 1. The summed E-state index contributed by atoms with van der Waals surface area (Å²) in [5, 5.41) is 25.4. The van der Waals surface area contributed by atoms with Crippen LogP contribution < -0.4 is 5.32 Å². The van der Waals surface area contributed by atoms with Crippen molar-refractivity contribution in [3.63, 3.8) is 0 Å². The summed E-state index contributed by atoms with van der Waals surface area (Å²) in [5.74, 6) is -0.0797. The molecule has 0 bridgehead atoms. The summed E-state index contributed by atoms with van der Waals surface area (Å²) in [6.07, 6.45) is 1.68. The van der Waals surface area contributed by atoms with Crippen LogP contribution in [0.15, 0.2) is 35.5 Å². The molecule has 1 atom stereocenters. The molecule has 0 saturated heterocycles. The molecule has 1 aromatic carbocycles. The van der Waals surface area contributed by atoms with Crippen LogP contribution in [0.2, 0.25) is 0 Å². The Bertz CT molecular complexity index is 858. The molecule has 136 valence electrons. The Morgan fingerprint density at radius 3 is 2.77 bits per heavy atom. The molecule has 0 spiro atoms. The maximum Gasteiger partial charge on any atom is 0.338 e. The van der Waals surface area contributed by atoms with Crippen LogP contribution in [0.3, 0.4) is 0 Å². The zero-order valence-corrected chi connectivity index (χ0v) is 14.4. The molecular weight excluding hydrogens is 340 g/mol. The molecule has 10 nitrogen and oxygen atoms in total. The van der Waals surface area contributed by atoms with Crippen LogP contribution in [-0.4, -0.2) is 37.7 Å². The van der Waals surface area contributed by atoms with Crippen LogP contribution in [0.1, 0.15) is 38.3 Å². The van der Waals surface area contributed by atoms with Gasteiger partial charge in [-0.15, -0.1) is 0 Å². The van der Waals surface area contributed by atoms with E-state index in [-0.39, 0.29) is 5.69 Å². The normalized spacial score (nSPS) is 16.0. The number of hydrogen-bond acceptors (Lipinski definition) is 8. The number of ether oxygens (including phenoxy) is 1. The fraction of sp³-hybridized carbons (Fsp3) is 0.375. The van der Waals surface area contributed by atoms with Gasteiger partial charge in [-0.25, -0.2) is 4.79 Å². The molecule has 26 heavy (non-hydrogen) atoms. The summed E-state index contributed by atoms with van der Waals surface area (Å²) >= 11 is 0. The molecule has 1 aliphatic rings. The maximum atomic E-state index is 12.7. The van der Waals surface area contributed by atoms with Crippen molar-refractivity contribution in [2.24, 2.45) is 0 Å². The Balaban J connectivity index is 2.00. The average Bonchev–Trinajstić information content (AvgIpc) is 3.08. The van der Waals surface area contributed by atoms with Crippen molar-refractivity contribution in [3.05, 3.63) is 51.2 Å². The molecule has 2 heterocycles. The molecular formula is C16H18N6O4. The summed E-state index contributed by atoms with van der Waals surface area (Å²) in [6, 6.07) is 5.32. The van der Waals surface area contributed by atoms with E-state index in [2.05, 4.69) is 20.8 Å². The van der Waals surface area contributed by atoms with Crippen LogP contribution in [0, 0.1) is 10.1 Å². The van der Waals surface area contributed by atoms with Gasteiger partial charge < -0.3 is 10.1 Å². The zero-order valence-electron chi connectivity index (χ0n) is 14.4. The highest BCUT2D eigenvalue weighted by atomic mass is 16.6. The van der Waals surface area contributed by atoms with E-state index in [4.69, 9.17) is 4.74 Å². The molecule has 0 radical (unpaired) electrons. The summed E-state index contributed by atoms with van der Waals surface area (Å²) in [5.41, 5.74) is 1.56. The predicted octanol–water partition coefficient (Wildman–Crippen LogP) is 2.21. The van der Waals surface area contributed by atoms with E-state index in [1.165, 1.54) is 16.8 Å². The SMILES string of the molecule is CCCCOC(=O)C1=C(C)Nc2nnnn2[C@H]1c1ccc([N+](=O)[O-])cc1. The molecule has 0 unspecified atom stereocenters. The number of fused-ring (bicyclic) bond motifs is 1. The molecule has 1 N–H and O–H groups in total. The van der Waals surface area contributed by atoms with Gasteiger partial charge in [0.1, 0.15) is 6.04 Å². The molecule has 0 aliphatic carbocycles. The average molecular weight is 358 g/mol. The van der Waals surface area contributed by atoms with E-state index < -0.39 is 16.9 Å². The van der Waals surface area contributed by atoms with Gasteiger partial charge in [-0.1, -0.05) is 18.4 Å². The van der Waals surface area contributed by atoms with Gasteiger partial charge >= 0.3 is 5.97 Å². The predicted molar refractivity (Wildman–Crippen MR) is 91.2 cm³/mol. The number of nitro groups is 1. The van der Waals surface area contributed by atoms with Gasteiger partial charge in [-0.05, 0) is 41.5 Å². The van der Waals surface area contributed by atoms with Gasteiger partial charge in [-0.3, -0.25) is 10.1 Å². The van der Waals surface area contributed by atoms with E-state index in [1.807, 2.05) is 6.92 Å². The monoisotopic (exact) mass is 358 g/mol. The highest BCUT2D eigenvalue weighted by molar-refractivity contribution is 5.92. The minimum Gasteiger partial charge on any atom is -0.462 e. The van der Waals surface area contributed by atoms with Crippen LogP contribution in [0.5, 0.6) is 0 Å². The van der Waals surface area contributed by atoms with E-state index in [9.17, 15) is 14.9 Å². The Hall–Kier alpha value is -3.30. The molecule has 1 aliphatic heterocycles. The number of allylic oxidation sites excluding steroid dienone is 1. The van der Waals surface area contributed by atoms with Crippen molar-refractivity contribution >= 4 is 17.6 Å². The second-order valence-corrected chi connectivity index (χ2v) is 5.85. The lowest BCUT2D eigenvalue weighted by molar-refractivity contribution is -0.384. The first kappa shape index (κ1) is 17.5. The Morgan fingerprint density at radius 1 is 1.38 bits per heavy atom. The summed E-state index contributed by atoms with van der Waals surface area (Å²) in [4.78, 5) is 23.1. The smallest absolute Gasteiger partial charge is 0.338 e. The number of esters is 1. The third-order valence-electron chi connectivity index (χ3n) is 4.08. The Labute approximate surface area is 149 Å². The summed E-state index contributed by atoms with van der Waals surface area (Å²) in [7, 11) is 0. The number of unbranched alkanes of at least 4 members (excludes halogenated alkanes) is 1. The number of carbonyl (C=O) groups excluding carboxylic acids is 1. The highest BCUT2D eigenvalue weighted by Gasteiger charge is 2.35. The molecule has 3 rings (SSSR count). The number of tetrazole rings is 1. The van der Waals surface area contributed by atoms with E-state index >= 15 is 0 Å². The number of nitro benzene ring substituents is 1. The van der Waals surface area contributed by atoms with Gasteiger partial charge in [-0.2, -0.15) is 4.68 Å². The van der Waals surface area contributed by atoms with Crippen molar-refractivity contribution in [1.29, 1.82) is 0 Å². The Kier molecular flexibility index (Phi) is 4.92. The minimum atomic E-state index is -0.629. The van der Waals surface area contributed by atoms with Gasteiger partial charge in [0.05, 0.1) is 17.1 Å². The molecule has 0 amide bonds. The standard InChI is InChI=1S/C16H18N6O4/c1-3-4-9-26-15(23)13-10(2)17-16-18-19-20-21(16)14(13)11-5-7-12(8-6-11)22(24)25/h5-8,14H,3-4,9H2,1-2H3,(H,17,18,20)/t14-/m0/s1. The van der Waals surface area contributed by atoms with Crippen molar-refractivity contribution in [1.82, 2.24) is 20.2 Å². The minimum absolute atomic E-state index is 0.0348. The van der Waals surface area contributed by atoms with Gasteiger partial charge in [0.15, 0.2) is 0 Å². The number of aromatic nitrogens is 4. The quantitative estimate of drug-likeness (QED) is 0.360. The van der Waals surface area contributed by atoms with E-state index in [1.54, 1.807) is 19.1 Å². The van der Waals surface area contributed by atoms with Crippen molar-refractivity contribution in [2.75, 3.05) is 11.9 Å². The number of hydrogen-bond donors (Lipinski definition) is 1. The lowest BCUT2D eigenvalue weighted by Crippen LogP contribution is -2.29. The molecule has 1 aromatic heterocycles. The summed E-state index contributed by atoms with van der Waals surface area (Å²) in [6.45, 7) is 4.07. The van der Waals surface area contributed by atoms with Gasteiger partial charge in [0, 0.05) is 17.8 Å². The fourth-order valence-corrected chi connectivity index (χ4v) is 2.75. The number of nitrogens with zero attached hydrogens (tertiary/aromatic N) is 5. The molecule has 2 aromatic rings. The second kappa shape index (κ2) is 7.30. The largest absolute Gasteiger partial charge is 0.462 e. The first-order chi connectivity index (χ1) is 12.5. The van der Waals surface area contributed by atoms with Crippen molar-refractivity contribution in [2.45, 2.75) is 32.7 Å². The number of nitrogens with one attached hydrogen (secondary N) is 1. The molecule has 0 saturated carbocycles. The summed E-state index contributed by atoms with van der Waals surface area (Å²) < 4.78 is 6.83.